The number of benzene rings is 1. The standard InChI is InChI=1S/C14H22ClNO4S/c1-5-12(6-2)16(3)21(18,19)13-8-11(15)7-10(9-17)14(13)20-4/h7-8,12,17H,5-6,9H2,1-4H3. The van der Waals surface area contributed by atoms with Gasteiger partial charge in [0.1, 0.15) is 10.6 Å². The van der Waals surface area contributed by atoms with Gasteiger partial charge in [-0.25, -0.2) is 8.42 Å². The van der Waals surface area contributed by atoms with Crippen molar-refractivity contribution in [3.63, 3.8) is 0 Å². The SMILES string of the molecule is CCC(CC)N(C)S(=O)(=O)c1cc(Cl)cc(CO)c1OC. The van der Waals surface area contributed by atoms with Gasteiger partial charge >= 0.3 is 0 Å². The Kier molecular flexibility index (Phi) is 6.46. The second-order valence-electron chi connectivity index (χ2n) is 4.75. The summed E-state index contributed by atoms with van der Waals surface area (Å²) >= 11 is 5.97. The summed E-state index contributed by atoms with van der Waals surface area (Å²) in [6, 6.07) is 2.75. The molecule has 0 saturated heterocycles. The molecule has 21 heavy (non-hydrogen) atoms. The van der Waals surface area contributed by atoms with E-state index in [0.717, 1.165) is 0 Å². The van der Waals surface area contributed by atoms with E-state index in [0.29, 0.717) is 18.4 Å². The monoisotopic (exact) mass is 335 g/mol. The van der Waals surface area contributed by atoms with E-state index in [9.17, 15) is 13.5 Å². The van der Waals surface area contributed by atoms with E-state index in [-0.39, 0.29) is 28.3 Å². The molecule has 0 aliphatic heterocycles. The molecule has 1 N–H and O–H groups in total. The van der Waals surface area contributed by atoms with Crippen molar-refractivity contribution in [2.45, 2.75) is 44.2 Å². The third-order valence-electron chi connectivity index (χ3n) is 3.58. The molecule has 0 bridgehead atoms. The van der Waals surface area contributed by atoms with Crippen LogP contribution in [0.25, 0.3) is 0 Å². The second kappa shape index (κ2) is 7.45. The molecule has 120 valence electrons. The number of hydrogen-bond donors (Lipinski definition) is 1. The average Bonchev–Trinajstić information content (AvgIpc) is 2.47. The van der Waals surface area contributed by atoms with Gasteiger partial charge in [-0.15, -0.1) is 0 Å². The van der Waals surface area contributed by atoms with Gasteiger partial charge < -0.3 is 9.84 Å². The Labute approximate surface area is 131 Å². The molecule has 0 fully saturated rings. The largest absolute Gasteiger partial charge is 0.495 e. The summed E-state index contributed by atoms with van der Waals surface area (Å²) < 4.78 is 32.1. The Morgan fingerprint density at radius 2 is 1.90 bits per heavy atom. The summed E-state index contributed by atoms with van der Waals surface area (Å²) in [5.41, 5.74) is 0.349. The number of rotatable bonds is 7. The van der Waals surface area contributed by atoms with Crippen LogP contribution in [0, 0.1) is 0 Å². The highest BCUT2D eigenvalue weighted by Crippen LogP contribution is 2.34. The normalized spacial score (nSPS) is 12.2. The van der Waals surface area contributed by atoms with Gasteiger partial charge in [-0.05, 0) is 25.0 Å². The summed E-state index contributed by atoms with van der Waals surface area (Å²) in [6.07, 6.45) is 1.42. The Hall–Kier alpha value is -0.820. The Bertz CT molecular complexity index is 585. The molecule has 7 heteroatoms. The Balaban J connectivity index is 3.47. The van der Waals surface area contributed by atoms with E-state index >= 15 is 0 Å². The van der Waals surface area contributed by atoms with Crippen molar-refractivity contribution in [2.24, 2.45) is 0 Å². The maximum Gasteiger partial charge on any atom is 0.246 e. The van der Waals surface area contributed by atoms with Crippen molar-refractivity contribution in [2.75, 3.05) is 14.2 Å². The molecule has 0 atom stereocenters. The minimum Gasteiger partial charge on any atom is -0.495 e. The summed E-state index contributed by atoms with van der Waals surface area (Å²) in [7, 11) is -0.826. The molecule has 0 saturated carbocycles. The van der Waals surface area contributed by atoms with Crippen LogP contribution in [0.15, 0.2) is 17.0 Å². The predicted molar refractivity (Wildman–Crippen MR) is 83.2 cm³/mol. The molecular weight excluding hydrogens is 314 g/mol. The fourth-order valence-corrected chi connectivity index (χ4v) is 4.35. The maximum atomic E-state index is 12.8. The van der Waals surface area contributed by atoms with Crippen molar-refractivity contribution >= 4 is 21.6 Å². The van der Waals surface area contributed by atoms with E-state index in [1.165, 1.54) is 23.5 Å². The molecule has 1 aromatic carbocycles. The van der Waals surface area contributed by atoms with Crippen LogP contribution in [-0.2, 0) is 16.6 Å². The molecule has 0 radical (unpaired) electrons. The van der Waals surface area contributed by atoms with Gasteiger partial charge in [0, 0.05) is 23.7 Å². The topological polar surface area (TPSA) is 66.8 Å². The lowest BCUT2D eigenvalue weighted by Gasteiger charge is -2.26. The zero-order chi connectivity index (χ0) is 16.2. The molecule has 0 aliphatic carbocycles. The minimum absolute atomic E-state index is 0.0176. The fraction of sp³-hybridized carbons (Fsp3) is 0.571. The molecule has 0 spiro atoms. The lowest BCUT2D eigenvalue weighted by Crippen LogP contribution is -2.36. The third-order valence-corrected chi connectivity index (χ3v) is 5.72. The van der Waals surface area contributed by atoms with Gasteiger partial charge in [0.05, 0.1) is 13.7 Å². The van der Waals surface area contributed by atoms with Crippen LogP contribution >= 0.6 is 11.6 Å². The van der Waals surface area contributed by atoms with Gasteiger partial charge in [-0.3, -0.25) is 0 Å². The zero-order valence-electron chi connectivity index (χ0n) is 12.8. The molecule has 0 aromatic heterocycles. The summed E-state index contributed by atoms with van der Waals surface area (Å²) in [6.45, 7) is 3.53. The van der Waals surface area contributed by atoms with Crippen LogP contribution in [0.1, 0.15) is 32.3 Å². The zero-order valence-corrected chi connectivity index (χ0v) is 14.3. The highest BCUT2D eigenvalue weighted by atomic mass is 35.5. The van der Waals surface area contributed by atoms with Crippen molar-refractivity contribution in [3.05, 3.63) is 22.7 Å². The summed E-state index contributed by atoms with van der Waals surface area (Å²) in [4.78, 5) is -0.0176. The summed E-state index contributed by atoms with van der Waals surface area (Å²) in [5.74, 6) is 0.139. The number of sulfonamides is 1. The van der Waals surface area contributed by atoms with E-state index in [4.69, 9.17) is 16.3 Å². The van der Waals surface area contributed by atoms with Crippen molar-refractivity contribution in [1.82, 2.24) is 4.31 Å². The number of ether oxygens (including phenoxy) is 1. The van der Waals surface area contributed by atoms with Gasteiger partial charge in [-0.2, -0.15) is 4.31 Å². The molecule has 1 rings (SSSR count). The lowest BCUT2D eigenvalue weighted by molar-refractivity contribution is 0.272. The minimum atomic E-state index is -3.75. The fourth-order valence-electron chi connectivity index (χ4n) is 2.32. The van der Waals surface area contributed by atoms with Crippen LogP contribution < -0.4 is 4.74 Å². The molecule has 0 heterocycles. The summed E-state index contributed by atoms with van der Waals surface area (Å²) in [5, 5.41) is 9.60. The van der Waals surface area contributed by atoms with Crippen molar-refractivity contribution in [1.29, 1.82) is 0 Å². The molecule has 1 aromatic rings. The molecular formula is C14H22ClNO4S. The third kappa shape index (κ3) is 3.69. The first kappa shape index (κ1) is 18.2. The van der Waals surface area contributed by atoms with Gasteiger partial charge in [0.2, 0.25) is 10.0 Å². The van der Waals surface area contributed by atoms with Crippen LogP contribution in [0.4, 0.5) is 0 Å². The van der Waals surface area contributed by atoms with Crippen molar-refractivity contribution in [3.8, 4) is 5.75 Å². The maximum absolute atomic E-state index is 12.8. The first-order valence-corrected chi connectivity index (χ1v) is 8.60. The van der Waals surface area contributed by atoms with E-state index < -0.39 is 10.0 Å². The number of halogens is 1. The number of aliphatic hydroxyl groups excluding tert-OH is 1. The van der Waals surface area contributed by atoms with Crippen LogP contribution in [0.5, 0.6) is 5.75 Å². The van der Waals surface area contributed by atoms with E-state index in [1.807, 2.05) is 13.8 Å². The second-order valence-corrected chi connectivity index (χ2v) is 7.15. The molecule has 5 nitrogen and oxygen atoms in total. The van der Waals surface area contributed by atoms with Crippen molar-refractivity contribution < 1.29 is 18.3 Å². The Morgan fingerprint density at radius 3 is 2.33 bits per heavy atom. The van der Waals surface area contributed by atoms with Crippen LogP contribution in [-0.4, -0.2) is 38.0 Å². The molecule has 0 aliphatic rings. The number of hydrogen-bond acceptors (Lipinski definition) is 4. The predicted octanol–water partition coefficient (Wildman–Crippen LogP) is 2.65. The highest BCUT2D eigenvalue weighted by molar-refractivity contribution is 7.89. The van der Waals surface area contributed by atoms with Gasteiger partial charge in [0.25, 0.3) is 0 Å². The first-order chi connectivity index (χ1) is 9.83. The van der Waals surface area contributed by atoms with Crippen LogP contribution in [0.2, 0.25) is 5.02 Å². The average molecular weight is 336 g/mol. The molecule has 0 unspecified atom stereocenters. The quantitative estimate of drug-likeness (QED) is 0.831. The molecule has 0 amide bonds. The van der Waals surface area contributed by atoms with E-state index in [2.05, 4.69) is 0 Å². The number of aliphatic hydroxyl groups is 1. The lowest BCUT2D eigenvalue weighted by atomic mass is 10.2. The van der Waals surface area contributed by atoms with Crippen LogP contribution in [0.3, 0.4) is 0 Å². The Morgan fingerprint density at radius 1 is 1.33 bits per heavy atom. The van der Waals surface area contributed by atoms with Gasteiger partial charge in [-0.1, -0.05) is 25.4 Å². The smallest absolute Gasteiger partial charge is 0.246 e. The number of nitrogens with zero attached hydrogens (tertiary/aromatic N) is 1. The first-order valence-electron chi connectivity index (χ1n) is 6.78. The number of methoxy groups -OCH3 is 1. The van der Waals surface area contributed by atoms with Gasteiger partial charge in [0.15, 0.2) is 0 Å². The highest BCUT2D eigenvalue weighted by Gasteiger charge is 2.30. The van der Waals surface area contributed by atoms with E-state index in [1.54, 1.807) is 7.05 Å².